The minimum absolute atomic E-state index is 0.247. The van der Waals surface area contributed by atoms with Gasteiger partial charge in [0.05, 0.1) is 32.0 Å². The third kappa shape index (κ3) is 20.2. The van der Waals surface area contributed by atoms with E-state index in [-0.39, 0.29) is 18.9 Å². The number of rotatable bonds is 33. The molecule has 0 saturated carbocycles. The molecule has 14 heteroatoms. The van der Waals surface area contributed by atoms with Gasteiger partial charge in [-0.2, -0.15) is 0 Å². The molecular formula is C43H81NO13. The summed E-state index contributed by atoms with van der Waals surface area (Å²) in [5, 5.41) is 86.2. The lowest BCUT2D eigenvalue weighted by atomic mass is 9.97. The van der Waals surface area contributed by atoms with Gasteiger partial charge in [-0.25, -0.2) is 0 Å². The summed E-state index contributed by atoms with van der Waals surface area (Å²) in [5.41, 5.74) is 0. The largest absolute Gasteiger partial charge is 0.394 e. The Kier molecular flexibility index (Phi) is 28.7. The number of ether oxygens (including phenoxy) is 4. The van der Waals surface area contributed by atoms with Crippen LogP contribution in [-0.2, 0) is 23.7 Å². The Hall–Kier alpha value is -1.27. The predicted molar refractivity (Wildman–Crippen MR) is 217 cm³/mol. The van der Waals surface area contributed by atoms with Gasteiger partial charge in [0.15, 0.2) is 12.6 Å². The molecule has 0 bridgehead atoms. The smallest absolute Gasteiger partial charge is 0.220 e. The standard InChI is InChI=1S/C43H81NO13/c1-3-5-7-9-11-12-13-14-15-16-17-18-19-21-22-24-26-32(47)31(44-35(48)27-25-23-20-10-8-6-4-2)30-54-42-40(53)38(51)41(34(29-46)56-42)57-43-39(52)37(50)36(49)33(28-45)55-43/h24,26,31-34,36-43,45-47,49-53H,3-23,25,27-30H2,1-2H3,(H,44,48)/b26-24+. The number of hydrogen-bond acceptors (Lipinski definition) is 13. The van der Waals surface area contributed by atoms with Crippen LogP contribution in [0.2, 0.25) is 0 Å². The topological polar surface area (TPSA) is 228 Å². The lowest BCUT2D eigenvalue weighted by Crippen LogP contribution is -2.65. The predicted octanol–water partition coefficient (Wildman–Crippen LogP) is 4.04. The molecule has 0 aromatic rings. The molecule has 2 fully saturated rings. The molecule has 2 saturated heterocycles. The number of nitrogens with one attached hydrogen (secondary N) is 1. The average Bonchev–Trinajstić information content (AvgIpc) is 3.21. The van der Waals surface area contributed by atoms with Gasteiger partial charge in [0.1, 0.15) is 48.8 Å². The van der Waals surface area contributed by atoms with Crippen molar-refractivity contribution in [3.8, 4) is 0 Å². The van der Waals surface area contributed by atoms with Crippen LogP contribution in [0.25, 0.3) is 0 Å². The summed E-state index contributed by atoms with van der Waals surface area (Å²) in [6, 6.07) is -0.904. The molecule has 2 aliphatic heterocycles. The van der Waals surface area contributed by atoms with Gasteiger partial charge in [0.2, 0.25) is 5.91 Å². The Bertz CT molecular complexity index is 1020. The van der Waals surface area contributed by atoms with Crippen LogP contribution >= 0.6 is 0 Å². The number of carbonyl (C=O) groups is 1. The maximum Gasteiger partial charge on any atom is 0.220 e. The number of allylic oxidation sites excluding steroid dienone is 1. The van der Waals surface area contributed by atoms with Crippen LogP contribution in [0.5, 0.6) is 0 Å². The first-order valence-electron chi connectivity index (χ1n) is 22.4. The summed E-state index contributed by atoms with van der Waals surface area (Å²) >= 11 is 0. The van der Waals surface area contributed by atoms with E-state index in [9.17, 15) is 45.6 Å². The van der Waals surface area contributed by atoms with Crippen molar-refractivity contribution in [2.45, 2.75) is 235 Å². The second-order valence-electron chi connectivity index (χ2n) is 16.2. The molecule has 12 unspecified atom stereocenters. The van der Waals surface area contributed by atoms with E-state index >= 15 is 0 Å². The monoisotopic (exact) mass is 820 g/mol. The minimum Gasteiger partial charge on any atom is -0.394 e. The molecule has 2 rings (SSSR count). The van der Waals surface area contributed by atoms with Crippen LogP contribution in [0.4, 0.5) is 0 Å². The third-order valence-corrected chi connectivity index (χ3v) is 11.2. The summed E-state index contributed by atoms with van der Waals surface area (Å²) in [7, 11) is 0. The molecule has 2 aliphatic rings. The Morgan fingerprint density at radius 2 is 1.09 bits per heavy atom. The van der Waals surface area contributed by atoms with Gasteiger partial charge >= 0.3 is 0 Å². The van der Waals surface area contributed by atoms with Crippen LogP contribution < -0.4 is 5.32 Å². The molecule has 9 N–H and O–H groups in total. The lowest BCUT2D eigenvalue weighted by Gasteiger charge is -2.46. The molecule has 57 heavy (non-hydrogen) atoms. The molecule has 2 heterocycles. The van der Waals surface area contributed by atoms with Gasteiger partial charge in [0, 0.05) is 6.42 Å². The first-order chi connectivity index (χ1) is 27.6. The maximum atomic E-state index is 13.0. The third-order valence-electron chi connectivity index (χ3n) is 11.2. The number of hydrogen-bond donors (Lipinski definition) is 9. The molecule has 0 spiro atoms. The highest BCUT2D eigenvalue weighted by atomic mass is 16.7. The zero-order chi connectivity index (χ0) is 41.8. The van der Waals surface area contributed by atoms with Crippen molar-refractivity contribution in [1.29, 1.82) is 0 Å². The fourth-order valence-electron chi connectivity index (χ4n) is 7.47. The van der Waals surface area contributed by atoms with E-state index in [1.807, 2.05) is 6.08 Å². The fraction of sp³-hybridized carbons (Fsp3) is 0.930. The number of amides is 1. The quantitative estimate of drug-likeness (QED) is 0.0337. The first-order valence-corrected chi connectivity index (χ1v) is 22.4. The van der Waals surface area contributed by atoms with Crippen molar-refractivity contribution in [2.75, 3.05) is 19.8 Å². The van der Waals surface area contributed by atoms with E-state index in [1.165, 1.54) is 96.3 Å². The second-order valence-corrected chi connectivity index (χ2v) is 16.2. The number of aliphatic hydroxyl groups is 8. The Balaban J connectivity index is 1.88. The fourth-order valence-corrected chi connectivity index (χ4v) is 7.47. The van der Waals surface area contributed by atoms with E-state index in [0.717, 1.165) is 38.5 Å². The molecule has 1 amide bonds. The zero-order valence-electron chi connectivity index (χ0n) is 35.1. The summed E-state index contributed by atoms with van der Waals surface area (Å²) in [5.74, 6) is -0.247. The van der Waals surface area contributed by atoms with Crippen molar-refractivity contribution >= 4 is 5.91 Å². The molecule has 12 atom stereocenters. The Labute approximate surface area is 342 Å². The SMILES string of the molecule is CCCCCCCCCCCCCCCC/C=C/C(O)C(COC1OC(CO)C(OC2OC(CO)C(O)C(O)C2O)C(O)C1O)NC(=O)CCCCCCCCC. The van der Waals surface area contributed by atoms with Gasteiger partial charge in [-0.05, 0) is 19.3 Å². The molecular weight excluding hydrogens is 738 g/mol. The summed E-state index contributed by atoms with van der Waals surface area (Å²) in [6.45, 7) is 2.71. The highest BCUT2D eigenvalue weighted by molar-refractivity contribution is 5.76. The zero-order valence-corrected chi connectivity index (χ0v) is 35.1. The van der Waals surface area contributed by atoms with E-state index in [0.29, 0.717) is 6.42 Å². The summed E-state index contributed by atoms with van der Waals surface area (Å²) in [6.07, 6.45) is 12.9. The van der Waals surface area contributed by atoms with Crippen molar-refractivity contribution < 1.29 is 64.6 Å². The van der Waals surface area contributed by atoms with E-state index < -0.39 is 86.8 Å². The van der Waals surface area contributed by atoms with Crippen molar-refractivity contribution in [2.24, 2.45) is 0 Å². The second kappa shape index (κ2) is 31.6. The normalized spacial score (nSPS) is 29.2. The molecule has 0 aliphatic carbocycles. The summed E-state index contributed by atoms with van der Waals surface area (Å²) in [4.78, 5) is 13.0. The van der Waals surface area contributed by atoms with E-state index in [4.69, 9.17) is 18.9 Å². The van der Waals surface area contributed by atoms with Crippen molar-refractivity contribution in [3.05, 3.63) is 12.2 Å². The van der Waals surface area contributed by atoms with Crippen LogP contribution in [0.15, 0.2) is 12.2 Å². The van der Waals surface area contributed by atoms with Crippen molar-refractivity contribution in [1.82, 2.24) is 5.32 Å². The van der Waals surface area contributed by atoms with E-state index in [2.05, 4.69) is 19.2 Å². The lowest BCUT2D eigenvalue weighted by molar-refractivity contribution is -0.359. The Morgan fingerprint density at radius 1 is 0.614 bits per heavy atom. The van der Waals surface area contributed by atoms with Gasteiger partial charge in [-0.1, -0.05) is 148 Å². The number of unbranched alkanes of at least 4 members (excludes halogenated alkanes) is 20. The van der Waals surface area contributed by atoms with E-state index in [1.54, 1.807) is 6.08 Å². The van der Waals surface area contributed by atoms with Gasteiger partial charge in [0.25, 0.3) is 0 Å². The van der Waals surface area contributed by atoms with Gasteiger partial charge in [-0.3, -0.25) is 4.79 Å². The van der Waals surface area contributed by atoms with Crippen LogP contribution in [0.3, 0.4) is 0 Å². The molecule has 14 nitrogen and oxygen atoms in total. The van der Waals surface area contributed by atoms with Gasteiger partial charge < -0.3 is 65.1 Å². The number of carbonyl (C=O) groups excluding carboxylic acids is 1. The highest BCUT2D eigenvalue weighted by Crippen LogP contribution is 2.30. The van der Waals surface area contributed by atoms with Gasteiger partial charge in [-0.15, -0.1) is 0 Å². The van der Waals surface area contributed by atoms with Crippen LogP contribution in [0.1, 0.15) is 162 Å². The molecule has 0 aromatic carbocycles. The maximum absolute atomic E-state index is 13.0. The minimum atomic E-state index is -1.78. The average molecular weight is 820 g/mol. The van der Waals surface area contributed by atoms with Crippen LogP contribution in [-0.4, -0.2) is 140 Å². The number of aliphatic hydroxyl groups excluding tert-OH is 8. The molecule has 336 valence electrons. The molecule has 0 aromatic heterocycles. The highest BCUT2D eigenvalue weighted by Gasteiger charge is 2.50. The van der Waals surface area contributed by atoms with Crippen LogP contribution in [0, 0.1) is 0 Å². The summed E-state index contributed by atoms with van der Waals surface area (Å²) < 4.78 is 22.6. The first kappa shape index (κ1) is 51.9. The Morgan fingerprint density at radius 3 is 1.61 bits per heavy atom. The van der Waals surface area contributed by atoms with Crippen molar-refractivity contribution in [3.63, 3.8) is 0 Å². The molecule has 0 radical (unpaired) electrons.